The number of hydrogen-bond acceptors (Lipinski definition) is 5. The van der Waals surface area contributed by atoms with Gasteiger partial charge < -0.3 is 10.6 Å². The van der Waals surface area contributed by atoms with Gasteiger partial charge in [-0.05, 0) is 12.1 Å². The number of alkyl halides is 3. The minimum Gasteiger partial charge on any atom is -0.347 e. The summed E-state index contributed by atoms with van der Waals surface area (Å²) in [5.74, 6) is -0.123. The zero-order valence-corrected chi connectivity index (χ0v) is 11.5. The van der Waals surface area contributed by atoms with Crippen molar-refractivity contribution in [2.75, 3.05) is 11.9 Å². The first-order valence-corrected chi connectivity index (χ1v) is 6.76. The van der Waals surface area contributed by atoms with Gasteiger partial charge >= 0.3 is 6.18 Å². The average Bonchev–Trinajstić information content (AvgIpc) is 2.84. The Morgan fingerprint density at radius 3 is 2.81 bits per heavy atom. The molecule has 0 unspecified atom stereocenters. The molecule has 2 aromatic rings. The quantitative estimate of drug-likeness (QED) is 0.889. The molecule has 0 saturated carbocycles. The third-order valence-electron chi connectivity index (χ3n) is 2.28. The Hall–Kier alpha value is -2.16. The number of pyridine rings is 1. The second kappa shape index (κ2) is 6.53. The number of anilines is 2. The molecule has 0 bridgehead atoms. The fourth-order valence-electron chi connectivity index (χ4n) is 1.42. The second-order valence-electron chi connectivity index (χ2n) is 4.05. The molecule has 112 valence electrons. The summed E-state index contributed by atoms with van der Waals surface area (Å²) in [6, 6.07) is 5.31. The Morgan fingerprint density at radius 1 is 1.33 bits per heavy atom. The van der Waals surface area contributed by atoms with Crippen LogP contribution in [0, 0.1) is 0 Å². The number of aromatic nitrogens is 2. The van der Waals surface area contributed by atoms with Gasteiger partial charge in [0.1, 0.15) is 12.4 Å². The standard InChI is InChI=1S/C12H11F3N4OS/c13-12(14,15)7-17-10(20)5-8-6-21-11(18-8)19-9-3-1-2-4-16-9/h1-4,6H,5,7H2,(H,17,20)(H,16,18,19). The lowest BCUT2D eigenvalue weighted by Gasteiger charge is -2.07. The van der Waals surface area contributed by atoms with Crippen molar-refractivity contribution in [2.45, 2.75) is 12.6 Å². The van der Waals surface area contributed by atoms with Crippen LogP contribution < -0.4 is 10.6 Å². The third-order valence-corrected chi connectivity index (χ3v) is 3.09. The van der Waals surface area contributed by atoms with Crippen LogP contribution >= 0.6 is 11.3 Å². The Balaban J connectivity index is 1.87. The largest absolute Gasteiger partial charge is 0.405 e. The van der Waals surface area contributed by atoms with Gasteiger partial charge in [0.15, 0.2) is 5.13 Å². The molecule has 0 fully saturated rings. The summed E-state index contributed by atoms with van der Waals surface area (Å²) < 4.78 is 35.9. The topological polar surface area (TPSA) is 66.9 Å². The third kappa shape index (κ3) is 5.38. The van der Waals surface area contributed by atoms with E-state index in [1.54, 1.807) is 35.1 Å². The molecule has 21 heavy (non-hydrogen) atoms. The number of nitrogens with one attached hydrogen (secondary N) is 2. The van der Waals surface area contributed by atoms with Crippen LogP contribution in [0.5, 0.6) is 0 Å². The number of amides is 1. The molecule has 1 amide bonds. The summed E-state index contributed by atoms with van der Waals surface area (Å²) in [5, 5.41) is 6.87. The highest BCUT2D eigenvalue weighted by molar-refractivity contribution is 7.13. The van der Waals surface area contributed by atoms with E-state index in [2.05, 4.69) is 15.3 Å². The monoisotopic (exact) mass is 316 g/mol. The molecule has 0 aliphatic rings. The smallest absolute Gasteiger partial charge is 0.347 e. The lowest BCUT2D eigenvalue weighted by molar-refractivity contribution is -0.138. The van der Waals surface area contributed by atoms with E-state index in [0.717, 1.165) is 0 Å². The highest BCUT2D eigenvalue weighted by atomic mass is 32.1. The van der Waals surface area contributed by atoms with Crippen LogP contribution in [0.2, 0.25) is 0 Å². The number of hydrogen-bond donors (Lipinski definition) is 2. The number of nitrogens with zero attached hydrogens (tertiary/aromatic N) is 2. The summed E-state index contributed by atoms with van der Waals surface area (Å²) in [6.07, 6.45) is -3.00. The van der Waals surface area contributed by atoms with Crippen LogP contribution in [0.15, 0.2) is 29.8 Å². The molecule has 2 rings (SSSR count). The van der Waals surface area contributed by atoms with Crippen molar-refractivity contribution in [1.82, 2.24) is 15.3 Å². The molecule has 0 aliphatic heterocycles. The van der Waals surface area contributed by atoms with Gasteiger partial charge in [0, 0.05) is 11.6 Å². The van der Waals surface area contributed by atoms with E-state index in [1.807, 2.05) is 0 Å². The number of carbonyl (C=O) groups is 1. The van der Waals surface area contributed by atoms with Crippen LogP contribution in [-0.2, 0) is 11.2 Å². The summed E-state index contributed by atoms with van der Waals surface area (Å²) in [7, 11) is 0. The van der Waals surface area contributed by atoms with Crippen LogP contribution in [0.25, 0.3) is 0 Å². The van der Waals surface area contributed by atoms with Crippen molar-refractivity contribution in [3.63, 3.8) is 0 Å². The fraction of sp³-hybridized carbons (Fsp3) is 0.250. The normalized spacial score (nSPS) is 11.2. The molecule has 9 heteroatoms. The van der Waals surface area contributed by atoms with Gasteiger partial charge in [-0.3, -0.25) is 4.79 Å². The first kappa shape index (κ1) is 15.2. The summed E-state index contributed by atoms with van der Waals surface area (Å²) >= 11 is 1.25. The summed E-state index contributed by atoms with van der Waals surface area (Å²) in [5.41, 5.74) is 0.401. The molecule has 0 radical (unpaired) electrons. The first-order valence-electron chi connectivity index (χ1n) is 5.88. The number of halogens is 3. The molecule has 2 heterocycles. The Kier molecular flexibility index (Phi) is 4.73. The van der Waals surface area contributed by atoms with Gasteiger partial charge in [0.2, 0.25) is 5.91 Å². The zero-order valence-electron chi connectivity index (χ0n) is 10.6. The molecular formula is C12H11F3N4OS. The molecule has 0 aromatic carbocycles. The molecule has 0 spiro atoms. The van der Waals surface area contributed by atoms with Crippen molar-refractivity contribution in [2.24, 2.45) is 0 Å². The average molecular weight is 316 g/mol. The molecule has 5 nitrogen and oxygen atoms in total. The number of thiazole rings is 1. The van der Waals surface area contributed by atoms with E-state index in [9.17, 15) is 18.0 Å². The Bertz CT molecular complexity index is 600. The van der Waals surface area contributed by atoms with Gasteiger partial charge in [-0.2, -0.15) is 13.2 Å². The van der Waals surface area contributed by atoms with Gasteiger partial charge in [0.05, 0.1) is 12.1 Å². The molecular weight excluding hydrogens is 305 g/mol. The maximum absolute atomic E-state index is 12.0. The van der Waals surface area contributed by atoms with E-state index in [4.69, 9.17) is 0 Å². The van der Waals surface area contributed by atoms with Crippen molar-refractivity contribution < 1.29 is 18.0 Å². The number of carbonyl (C=O) groups excluding carboxylic acids is 1. The van der Waals surface area contributed by atoms with E-state index < -0.39 is 18.6 Å². The zero-order chi connectivity index (χ0) is 15.3. The van der Waals surface area contributed by atoms with Crippen molar-refractivity contribution in [3.05, 3.63) is 35.5 Å². The molecule has 0 atom stereocenters. The Labute approximate surface area is 122 Å². The van der Waals surface area contributed by atoms with Gasteiger partial charge in [-0.15, -0.1) is 11.3 Å². The molecule has 2 N–H and O–H groups in total. The maximum Gasteiger partial charge on any atom is 0.405 e. The maximum atomic E-state index is 12.0. The molecule has 2 aromatic heterocycles. The summed E-state index contributed by atoms with van der Waals surface area (Å²) in [4.78, 5) is 19.5. The van der Waals surface area contributed by atoms with Gasteiger partial charge in [0.25, 0.3) is 0 Å². The highest BCUT2D eigenvalue weighted by Crippen LogP contribution is 2.19. The lowest BCUT2D eigenvalue weighted by Crippen LogP contribution is -2.34. The van der Waals surface area contributed by atoms with Crippen molar-refractivity contribution in [3.8, 4) is 0 Å². The molecule has 0 aliphatic carbocycles. The van der Waals surface area contributed by atoms with Crippen LogP contribution in [-0.4, -0.2) is 28.6 Å². The molecule has 0 saturated heterocycles. The van der Waals surface area contributed by atoms with Crippen LogP contribution in [0.3, 0.4) is 0 Å². The predicted octanol–water partition coefficient (Wildman–Crippen LogP) is 2.50. The lowest BCUT2D eigenvalue weighted by atomic mass is 10.3. The van der Waals surface area contributed by atoms with Crippen molar-refractivity contribution >= 4 is 28.2 Å². The SMILES string of the molecule is O=C(Cc1csc(Nc2ccccn2)n1)NCC(F)(F)F. The van der Waals surface area contributed by atoms with E-state index in [1.165, 1.54) is 11.3 Å². The first-order chi connectivity index (χ1) is 9.92. The van der Waals surface area contributed by atoms with Crippen molar-refractivity contribution in [1.29, 1.82) is 0 Å². The Morgan fingerprint density at radius 2 is 2.14 bits per heavy atom. The fourth-order valence-corrected chi connectivity index (χ4v) is 2.13. The van der Waals surface area contributed by atoms with E-state index in [0.29, 0.717) is 16.6 Å². The minimum absolute atomic E-state index is 0.198. The highest BCUT2D eigenvalue weighted by Gasteiger charge is 2.27. The van der Waals surface area contributed by atoms with Gasteiger partial charge in [-0.1, -0.05) is 6.07 Å². The summed E-state index contributed by atoms with van der Waals surface area (Å²) in [6.45, 7) is -1.34. The van der Waals surface area contributed by atoms with E-state index >= 15 is 0 Å². The minimum atomic E-state index is -4.41. The number of rotatable bonds is 5. The van der Waals surface area contributed by atoms with Crippen LogP contribution in [0.4, 0.5) is 24.1 Å². The second-order valence-corrected chi connectivity index (χ2v) is 4.91. The predicted molar refractivity (Wildman–Crippen MR) is 72.4 cm³/mol. The van der Waals surface area contributed by atoms with Gasteiger partial charge in [-0.25, -0.2) is 9.97 Å². The van der Waals surface area contributed by atoms with E-state index in [-0.39, 0.29) is 6.42 Å². The van der Waals surface area contributed by atoms with Crippen LogP contribution in [0.1, 0.15) is 5.69 Å².